The largest absolute Gasteiger partial charge is 0.481 e. The van der Waals surface area contributed by atoms with Gasteiger partial charge in [0, 0.05) is 13.5 Å². The predicted molar refractivity (Wildman–Crippen MR) is 97.8 cm³/mol. The second-order valence-corrected chi connectivity index (χ2v) is 5.42. The van der Waals surface area contributed by atoms with Gasteiger partial charge >= 0.3 is 5.97 Å². The summed E-state index contributed by atoms with van der Waals surface area (Å²) in [4.78, 5) is 10.7. The van der Waals surface area contributed by atoms with Crippen LogP contribution in [-0.4, -0.2) is 24.0 Å². The number of carboxylic acids is 1. The molecule has 1 unspecified atom stereocenters. The summed E-state index contributed by atoms with van der Waals surface area (Å²) in [5.74, 6) is 14.6. The first-order valence-corrected chi connectivity index (χ1v) is 7.57. The summed E-state index contributed by atoms with van der Waals surface area (Å²) in [6.07, 6.45) is 1.64. The Morgan fingerprint density at radius 2 is 2.08 bits per heavy atom. The van der Waals surface area contributed by atoms with E-state index in [1.54, 1.807) is 7.05 Å². The van der Waals surface area contributed by atoms with Crippen molar-refractivity contribution >= 4 is 23.2 Å². The molecule has 0 aromatic heterocycles. The summed E-state index contributed by atoms with van der Waals surface area (Å²) >= 11 is 0. The molecule has 1 rings (SSSR count). The van der Waals surface area contributed by atoms with Crippen molar-refractivity contribution in [1.29, 1.82) is 0 Å². The third kappa shape index (κ3) is 7.65. The lowest BCUT2D eigenvalue weighted by molar-refractivity contribution is -0.141. The zero-order valence-corrected chi connectivity index (χ0v) is 14.5. The van der Waals surface area contributed by atoms with Crippen LogP contribution in [0, 0.1) is 12.8 Å². The van der Waals surface area contributed by atoms with Crippen molar-refractivity contribution in [3.63, 3.8) is 0 Å². The Bertz CT molecular complexity index is 547. The molecule has 9 heteroatoms. The summed E-state index contributed by atoms with van der Waals surface area (Å²) in [6, 6.07) is 5.77. The number of hydrogen-bond donors (Lipinski definition) is 6. The van der Waals surface area contributed by atoms with Gasteiger partial charge in [-0.3, -0.25) is 4.79 Å². The number of carbonyl (C=O) groups is 1. The molecule has 0 spiro atoms. The molecule has 0 heterocycles. The minimum absolute atomic E-state index is 0.246. The molecule has 0 aliphatic rings. The number of benzene rings is 1. The van der Waals surface area contributed by atoms with Gasteiger partial charge in [-0.05, 0) is 31.0 Å². The van der Waals surface area contributed by atoms with Crippen molar-refractivity contribution < 1.29 is 9.90 Å². The average Bonchev–Trinajstić information content (AvgIpc) is 2.54. The highest BCUT2D eigenvalue weighted by Gasteiger charge is 2.18. The molecule has 0 aliphatic heterocycles. The summed E-state index contributed by atoms with van der Waals surface area (Å²) in [7, 11) is 1.77. The number of nitrogens with two attached hydrogens (primary N) is 4. The van der Waals surface area contributed by atoms with E-state index in [1.807, 2.05) is 32.0 Å². The van der Waals surface area contributed by atoms with Crippen molar-refractivity contribution in [3.8, 4) is 0 Å². The number of rotatable bonds is 6. The van der Waals surface area contributed by atoms with Crippen LogP contribution in [0.4, 0.5) is 11.4 Å². The van der Waals surface area contributed by atoms with Crippen LogP contribution in [0.2, 0.25) is 0 Å². The van der Waals surface area contributed by atoms with Crippen LogP contribution in [-0.2, 0) is 4.79 Å². The average molecular weight is 339 g/mol. The molecular weight excluding hydrogens is 310 g/mol. The molecular formula is C15H29N7O2. The van der Waals surface area contributed by atoms with E-state index in [9.17, 15) is 4.79 Å². The number of carboxylic acid groups (broad SMARTS) is 1. The van der Waals surface area contributed by atoms with E-state index in [1.165, 1.54) is 5.01 Å². The minimum atomic E-state index is -0.849. The van der Waals surface area contributed by atoms with Crippen molar-refractivity contribution in [2.24, 2.45) is 28.5 Å². The van der Waals surface area contributed by atoms with Gasteiger partial charge in [0.15, 0.2) is 0 Å². The molecule has 10 N–H and O–H groups in total. The van der Waals surface area contributed by atoms with Crippen LogP contribution >= 0.6 is 0 Å². The van der Waals surface area contributed by atoms with Gasteiger partial charge < -0.3 is 27.1 Å². The van der Waals surface area contributed by atoms with Crippen LogP contribution in [0.3, 0.4) is 0 Å². The van der Waals surface area contributed by atoms with Crippen molar-refractivity contribution in [3.05, 3.63) is 23.8 Å². The number of anilines is 2. The number of aryl methyl sites for hydroxylation is 1. The SMILES string of the molecule is CCCC(C/C(=N/N)NN)C(=O)O.Cc1ccc(N)c(N(C)N)c1. The molecule has 0 saturated heterocycles. The van der Waals surface area contributed by atoms with E-state index in [2.05, 4.69) is 10.5 Å². The van der Waals surface area contributed by atoms with Gasteiger partial charge in [-0.1, -0.05) is 19.4 Å². The van der Waals surface area contributed by atoms with E-state index in [-0.39, 0.29) is 6.42 Å². The number of hydrazine groups is 2. The molecule has 0 bridgehead atoms. The summed E-state index contributed by atoms with van der Waals surface area (Å²) in [5.41, 5.74) is 10.7. The van der Waals surface area contributed by atoms with Crippen molar-refractivity contribution in [1.82, 2.24) is 5.43 Å². The number of hydrogen-bond acceptors (Lipinski definition) is 7. The zero-order valence-electron chi connectivity index (χ0n) is 14.5. The monoisotopic (exact) mass is 339 g/mol. The highest BCUT2D eigenvalue weighted by molar-refractivity contribution is 5.85. The third-order valence-corrected chi connectivity index (χ3v) is 3.31. The Morgan fingerprint density at radius 1 is 1.46 bits per heavy atom. The van der Waals surface area contributed by atoms with E-state index in [0.717, 1.165) is 17.7 Å². The number of nitrogens with one attached hydrogen (secondary N) is 1. The molecule has 1 aromatic carbocycles. The molecule has 136 valence electrons. The Hall–Kier alpha value is -2.52. The van der Waals surface area contributed by atoms with Crippen LogP contribution in [0.15, 0.2) is 23.3 Å². The highest BCUT2D eigenvalue weighted by Crippen LogP contribution is 2.20. The molecule has 24 heavy (non-hydrogen) atoms. The fourth-order valence-electron chi connectivity index (χ4n) is 2.00. The standard InChI is InChI=1S/C8H13N3.C7H16N4O2/c1-6-3-4-7(9)8(5-6)11(2)10;1-2-3-5(7(12)13)4-6(10-8)11-9/h3-5H,9-10H2,1-2H3;5H,2-4,8-9H2,1H3,(H,10,11)(H,12,13). The van der Waals surface area contributed by atoms with Crippen molar-refractivity contribution in [2.45, 2.75) is 33.1 Å². The third-order valence-electron chi connectivity index (χ3n) is 3.31. The maximum absolute atomic E-state index is 10.7. The fourth-order valence-corrected chi connectivity index (χ4v) is 2.00. The first-order valence-electron chi connectivity index (χ1n) is 7.57. The normalized spacial score (nSPS) is 12.0. The van der Waals surface area contributed by atoms with E-state index < -0.39 is 11.9 Å². The molecule has 1 atom stereocenters. The first-order chi connectivity index (χ1) is 11.3. The van der Waals surface area contributed by atoms with E-state index in [4.69, 9.17) is 28.4 Å². The number of amidine groups is 1. The van der Waals surface area contributed by atoms with Crippen LogP contribution in [0.5, 0.6) is 0 Å². The summed E-state index contributed by atoms with van der Waals surface area (Å²) in [5, 5.41) is 13.6. The molecule has 0 saturated carbocycles. The maximum Gasteiger partial charge on any atom is 0.306 e. The van der Waals surface area contributed by atoms with Crippen molar-refractivity contribution in [2.75, 3.05) is 17.8 Å². The molecule has 9 nitrogen and oxygen atoms in total. The Balaban J connectivity index is 0.000000446. The van der Waals surface area contributed by atoms with E-state index in [0.29, 0.717) is 17.9 Å². The molecule has 0 amide bonds. The first kappa shape index (κ1) is 21.5. The van der Waals surface area contributed by atoms with Crippen LogP contribution in [0.1, 0.15) is 31.7 Å². The molecule has 0 aliphatic carbocycles. The molecule has 0 fully saturated rings. The molecule has 1 aromatic rings. The number of nitrogens with zero attached hydrogens (tertiary/aromatic N) is 2. The number of nitrogen functional groups attached to an aromatic ring is 1. The number of hydrazone groups is 1. The highest BCUT2D eigenvalue weighted by atomic mass is 16.4. The fraction of sp³-hybridized carbons (Fsp3) is 0.467. The quantitative estimate of drug-likeness (QED) is 0.143. The van der Waals surface area contributed by atoms with Gasteiger partial charge in [0.05, 0.1) is 17.3 Å². The zero-order chi connectivity index (χ0) is 18.7. The summed E-state index contributed by atoms with van der Waals surface area (Å²) in [6.45, 7) is 3.93. The second-order valence-electron chi connectivity index (χ2n) is 5.42. The second kappa shape index (κ2) is 11.1. The lowest BCUT2D eigenvalue weighted by Crippen LogP contribution is -2.34. The minimum Gasteiger partial charge on any atom is -0.481 e. The Morgan fingerprint density at radius 3 is 2.46 bits per heavy atom. The summed E-state index contributed by atoms with van der Waals surface area (Å²) < 4.78 is 0. The molecule has 0 radical (unpaired) electrons. The smallest absolute Gasteiger partial charge is 0.306 e. The topological polar surface area (TPSA) is 169 Å². The lowest BCUT2D eigenvalue weighted by atomic mass is 10.00. The van der Waals surface area contributed by atoms with Gasteiger partial charge in [-0.15, -0.1) is 0 Å². The van der Waals surface area contributed by atoms with Gasteiger partial charge in [0.2, 0.25) is 0 Å². The van der Waals surface area contributed by atoms with E-state index >= 15 is 0 Å². The lowest BCUT2D eigenvalue weighted by Gasteiger charge is -2.14. The maximum atomic E-state index is 10.7. The van der Waals surface area contributed by atoms with Crippen LogP contribution in [0.25, 0.3) is 0 Å². The predicted octanol–water partition coefficient (Wildman–Crippen LogP) is 0.500. The number of aliphatic carboxylic acids is 1. The Labute approximate surface area is 142 Å². The van der Waals surface area contributed by atoms with Gasteiger partial charge in [0.25, 0.3) is 0 Å². The van der Waals surface area contributed by atoms with Gasteiger partial charge in [-0.25, -0.2) is 11.7 Å². The van der Waals surface area contributed by atoms with Gasteiger partial charge in [0.1, 0.15) is 5.84 Å². The van der Waals surface area contributed by atoms with Crippen LogP contribution < -0.4 is 33.7 Å². The van der Waals surface area contributed by atoms with Gasteiger partial charge in [-0.2, -0.15) is 5.10 Å². The Kier molecular flexibility index (Phi) is 9.92.